The second kappa shape index (κ2) is 8.05. The van der Waals surface area contributed by atoms with Gasteiger partial charge < -0.3 is 5.43 Å². The molecular weight excluding hydrogens is 204 g/mol. The molecule has 0 atom stereocenters. The van der Waals surface area contributed by atoms with Gasteiger partial charge in [-0.05, 0) is 31.1 Å². The molecule has 0 bridgehead atoms. The van der Waals surface area contributed by atoms with Crippen LogP contribution in [0.4, 0.5) is 0 Å². The Bertz CT molecular complexity index is 178. The van der Waals surface area contributed by atoms with Gasteiger partial charge in [0.15, 0.2) is 0 Å². The van der Waals surface area contributed by atoms with Crippen molar-refractivity contribution in [2.75, 3.05) is 0 Å². The van der Waals surface area contributed by atoms with Crippen LogP contribution in [-0.4, -0.2) is 4.99 Å². The zero-order valence-corrected chi connectivity index (χ0v) is 11.3. The van der Waals surface area contributed by atoms with E-state index in [0.717, 1.165) is 17.8 Å². The van der Waals surface area contributed by atoms with Crippen molar-refractivity contribution in [3.63, 3.8) is 0 Å². The fourth-order valence-electron chi connectivity index (χ4n) is 1.78. The van der Waals surface area contributed by atoms with E-state index in [-0.39, 0.29) is 0 Å². The molecule has 0 radical (unpaired) electrons. The van der Waals surface area contributed by atoms with Crippen LogP contribution in [-0.2, 0) is 0 Å². The molecule has 0 aromatic carbocycles. The van der Waals surface area contributed by atoms with Crippen LogP contribution in [0, 0.1) is 5.41 Å². The third kappa shape index (κ3) is 8.82. The lowest BCUT2D eigenvalue weighted by molar-refractivity contribution is 0.290. The second-order valence-electron chi connectivity index (χ2n) is 5.04. The van der Waals surface area contributed by atoms with Crippen molar-refractivity contribution in [1.82, 2.24) is 5.43 Å². The highest BCUT2D eigenvalue weighted by Gasteiger charge is 2.16. The Hall–Kier alpha value is -0.150. The summed E-state index contributed by atoms with van der Waals surface area (Å²) in [6.07, 6.45) is 8.62. The Morgan fingerprint density at radius 2 is 1.80 bits per heavy atom. The lowest BCUT2D eigenvalue weighted by Crippen LogP contribution is -2.28. The number of hydrazine groups is 1. The first-order valence-corrected chi connectivity index (χ1v) is 6.42. The van der Waals surface area contributed by atoms with Gasteiger partial charge in [-0.1, -0.05) is 52.3 Å². The molecule has 0 saturated carbocycles. The molecule has 90 valence electrons. The van der Waals surface area contributed by atoms with E-state index in [4.69, 9.17) is 18.1 Å². The van der Waals surface area contributed by atoms with E-state index in [9.17, 15) is 0 Å². The SMILES string of the molecule is CCCCCC(C)(C)CCCC(=S)NN. The minimum Gasteiger partial charge on any atom is -0.318 e. The maximum Gasteiger partial charge on any atom is 0.0893 e. The number of nitrogens with two attached hydrogens (primary N) is 1. The number of nitrogens with one attached hydrogen (secondary N) is 1. The molecule has 0 spiro atoms. The molecule has 0 heterocycles. The van der Waals surface area contributed by atoms with E-state index in [1.807, 2.05) is 0 Å². The first-order valence-electron chi connectivity index (χ1n) is 6.01. The Balaban J connectivity index is 3.59. The van der Waals surface area contributed by atoms with Gasteiger partial charge in [-0.3, -0.25) is 5.84 Å². The molecule has 2 nitrogen and oxygen atoms in total. The molecular formula is C12H26N2S. The van der Waals surface area contributed by atoms with Gasteiger partial charge in [-0.25, -0.2) is 0 Å². The summed E-state index contributed by atoms with van der Waals surface area (Å²) >= 11 is 5.01. The van der Waals surface area contributed by atoms with Gasteiger partial charge in [0, 0.05) is 0 Å². The molecule has 0 fully saturated rings. The van der Waals surface area contributed by atoms with Crippen LogP contribution in [0.5, 0.6) is 0 Å². The standard InChI is InChI=1S/C12H26N2S/c1-4-5-6-9-12(2,3)10-7-8-11(15)14-13/h4-10,13H2,1-3H3,(H,14,15). The fourth-order valence-corrected chi connectivity index (χ4v) is 1.92. The highest BCUT2D eigenvalue weighted by molar-refractivity contribution is 7.80. The van der Waals surface area contributed by atoms with Gasteiger partial charge in [0.25, 0.3) is 0 Å². The highest BCUT2D eigenvalue weighted by Crippen LogP contribution is 2.29. The second-order valence-corrected chi connectivity index (χ2v) is 5.54. The molecule has 0 aromatic heterocycles. The Kier molecular flexibility index (Phi) is 7.97. The lowest BCUT2D eigenvalue weighted by Gasteiger charge is -2.24. The third-order valence-corrected chi connectivity index (χ3v) is 3.20. The number of hydrogen-bond acceptors (Lipinski definition) is 2. The van der Waals surface area contributed by atoms with Gasteiger partial charge in [-0.2, -0.15) is 0 Å². The van der Waals surface area contributed by atoms with E-state index < -0.39 is 0 Å². The van der Waals surface area contributed by atoms with Crippen molar-refractivity contribution in [2.45, 2.75) is 65.7 Å². The van der Waals surface area contributed by atoms with Crippen LogP contribution < -0.4 is 11.3 Å². The van der Waals surface area contributed by atoms with Crippen LogP contribution >= 0.6 is 12.2 Å². The summed E-state index contributed by atoms with van der Waals surface area (Å²) in [4.78, 5) is 0.777. The smallest absolute Gasteiger partial charge is 0.0893 e. The van der Waals surface area contributed by atoms with E-state index >= 15 is 0 Å². The van der Waals surface area contributed by atoms with E-state index in [2.05, 4.69) is 26.2 Å². The number of hydrogen-bond donors (Lipinski definition) is 2. The summed E-state index contributed by atoms with van der Waals surface area (Å²) in [6, 6.07) is 0. The zero-order valence-electron chi connectivity index (χ0n) is 10.4. The van der Waals surface area contributed by atoms with Gasteiger partial charge in [-0.15, -0.1) is 0 Å². The number of unbranched alkanes of at least 4 members (excludes halogenated alkanes) is 2. The summed E-state index contributed by atoms with van der Waals surface area (Å²) in [5, 5.41) is 0. The van der Waals surface area contributed by atoms with E-state index in [1.165, 1.54) is 32.1 Å². The van der Waals surface area contributed by atoms with Gasteiger partial charge in [0.05, 0.1) is 4.99 Å². The van der Waals surface area contributed by atoms with Crippen molar-refractivity contribution >= 4 is 17.2 Å². The summed E-state index contributed by atoms with van der Waals surface area (Å²) in [5.74, 6) is 5.23. The largest absolute Gasteiger partial charge is 0.318 e. The van der Waals surface area contributed by atoms with Crippen molar-refractivity contribution in [1.29, 1.82) is 0 Å². The predicted octanol–water partition coefficient (Wildman–Crippen LogP) is 3.55. The topological polar surface area (TPSA) is 38.0 Å². The maximum absolute atomic E-state index is 5.23. The molecule has 15 heavy (non-hydrogen) atoms. The molecule has 0 rings (SSSR count). The first kappa shape index (κ1) is 14.8. The minimum absolute atomic E-state index is 0.458. The normalized spacial score (nSPS) is 11.5. The molecule has 0 aliphatic heterocycles. The zero-order chi connectivity index (χ0) is 11.7. The van der Waals surface area contributed by atoms with Crippen molar-refractivity contribution in [3.05, 3.63) is 0 Å². The molecule has 0 unspecified atom stereocenters. The molecule has 0 aliphatic rings. The Labute approximate surface area is 100.0 Å². The van der Waals surface area contributed by atoms with Crippen LogP contribution in [0.3, 0.4) is 0 Å². The first-order chi connectivity index (χ1) is 7.02. The number of thiocarbonyl (C=S) groups is 1. The molecule has 3 heteroatoms. The third-order valence-electron chi connectivity index (χ3n) is 2.88. The predicted molar refractivity (Wildman–Crippen MR) is 71.7 cm³/mol. The van der Waals surface area contributed by atoms with E-state index in [1.54, 1.807) is 0 Å². The Morgan fingerprint density at radius 3 is 2.33 bits per heavy atom. The van der Waals surface area contributed by atoms with Gasteiger partial charge in [0.1, 0.15) is 0 Å². The van der Waals surface area contributed by atoms with Crippen LogP contribution in [0.2, 0.25) is 0 Å². The quantitative estimate of drug-likeness (QED) is 0.290. The van der Waals surface area contributed by atoms with Crippen LogP contribution in [0.15, 0.2) is 0 Å². The Morgan fingerprint density at radius 1 is 1.20 bits per heavy atom. The summed E-state index contributed by atoms with van der Waals surface area (Å²) in [6.45, 7) is 6.95. The van der Waals surface area contributed by atoms with Crippen molar-refractivity contribution in [2.24, 2.45) is 11.3 Å². The summed E-state index contributed by atoms with van der Waals surface area (Å²) in [5.41, 5.74) is 2.99. The molecule has 3 N–H and O–H groups in total. The highest BCUT2D eigenvalue weighted by atomic mass is 32.1. The van der Waals surface area contributed by atoms with E-state index in [0.29, 0.717) is 5.41 Å². The average molecular weight is 230 g/mol. The van der Waals surface area contributed by atoms with Crippen molar-refractivity contribution in [3.8, 4) is 0 Å². The van der Waals surface area contributed by atoms with Gasteiger partial charge in [0.2, 0.25) is 0 Å². The summed E-state index contributed by atoms with van der Waals surface area (Å²) in [7, 11) is 0. The fraction of sp³-hybridized carbons (Fsp3) is 0.917. The molecule has 0 saturated heterocycles. The van der Waals surface area contributed by atoms with Crippen LogP contribution in [0.1, 0.15) is 65.7 Å². The number of rotatable bonds is 8. The van der Waals surface area contributed by atoms with Crippen molar-refractivity contribution < 1.29 is 0 Å². The maximum atomic E-state index is 5.23. The lowest BCUT2D eigenvalue weighted by atomic mass is 9.82. The summed E-state index contributed by atoms with van der Waals surface area (Å²) < 4.78 is 0. The minimum atomic E-state index is 0.458. The molecule has 0 aromatic rings. The molecule has 0 amide bonds. The molecule has 0 aliphatic carbocycles. The average Bonchev–Trinajstić information content (AvgIpc) is 2.17. The van der Waals surface area contributed by atoms with Crippen LogP contribution in [0.25, 0.3) is 0 Å². The van der Waals surface area contributed by atoms with Gasteiger partial charge >= 0.3 is 0 Å². The monoisotopic (exact) mass is 230 g/mol.